The predicted octanol–water partition coefficient (Wildman–Crippen LogP) is 7.70. The van der Waals surface area contributed by atoms with Gasteiger partial charge in [0.15, 0.2) is 0 Å². The van der Waals surface area contributed by atoms with Gasteiger partial charge >= 0.3 is 0 Å². The molecule has 4 saturated carbocycles. The molecule has 0 aromatic rings. The summed E-state index contributed by atoms with van der Waals surface area (Å²) in [6, 6.07) is 0. The molecule has 4 rings (SSSR count). The Balaban J connectivity index is 1.58. The molecule has 1 heteroatoms. The molecule has 0 amide bonds. The molecule has 0 aliphatic heterocycles. The number of fused-ring (bicyclic) bond motifs is 5. The van der Waals surface area contributed by atoms with Crippen LogP contribution in [-0.2, 0) is 0 Å². The molecule has 148 valence electrons. The van der Waals surface area contributed by atoms with Crippen molar-refractivity contribution in [3.05, 3.63) is 0 Å². The van der Waals surface area contributed by atoms with E-state index >= 15 is 0 Å². The smallest absolute Gasteiger partial charge is 0.0210 e. The van der Waals surface area contributed by atoms with Gasteiger partial charge in [0.2, 0.25) is 0 Å². The highest BCUT2D eigenvalue weighted by atomic mass is 32.1. The van der Waals surface area contributed by atoms with Crippen LogP contribution in [0.3, 0.4) is 0 Å². The Labute approximate surface area is 168 Å². The Morgan fingerprint density at radius 3 is 2.54 bits per heavy atom. The zero-order valence-electron chi connectivity index (χ0n) is 17.8. The van der Waals surface area contributed by atoms with Crippen LogP contribution in [0.15, 0.2) is 0 Å². The lowest BCUT2D eigenvalue weighted by Gasteiger charge is -2.62. The Morgan fingerprint density at radius 1 is 1.00 bits per heavy atom. The highest BCUT2D eigenvalue weighted by molar-refractivity contribution is 7.78. The molecule has 9 atom stereocenters. The quantitative estimate of drug-likeness (QED) is 0.454. The molecule has 4 aliphatic rings. The number of hydrogen-bond acceptors (Lipinski definition) is 1. The predicted molar refractivity (Wildman–Crippen MR) is 116 cm³/mol. The third-order valence-electron chi connectivity index (χ3n) is 10.4. The van der Waals surface area contributed by atoms with Crippen LogP contribution in [0.5, 0.6) is 0 Å². The summed E-state index contributed by atoms with van der Waals surface area (Å²) in [7, 11) is 0. The Bertz CT molecular complexity index is 526. The van der Waals surface area contributed by atoms with Crippen molar-refractivity contribution in [1.82, 2.24) is 0 Å². The van der Waals surface area contributed by atoms with E-state index in [0.29, 0.717) is 10.8 Å². The molecule has 0 saturated heterocycles. The summed E-state index contributed by atoms with van der Waals surface area (Å²) in [6.07, 6.45) is 16.1. The van der Waals surface area contributed by atoms with E-state index < -0.39 is 0 Å². The molecule has 0 spiro atoms. The first-order valence-corrected chi connectivity index (χ1v) is 12.3. The van der Waals surface area contributed by atoms with E-state index in [1.54, 1.807) is 0 Å². The van der Waals surface area contributed by atoms with Crippen LogP contribution in [0.1, 0.15) is 98.3 Å². The maximum Gasteiger partial charge on any atom is -0.0210 e. The molecule has 0 radical (unpaired) electrons. The lowest BCUT2D eigenvalue weighted by atomic mass is 9.42. The monoisotopic (exact) mass is 374 g/mol. The minimum atomic E-state index is 0.619. The van der Waals surface area contributed by atoms with Crippen LogP contribution in [0.25, 0.3) is 0 Å². The number of thiocarbonyl (C=S) groups is 1. The average Bonchev–Trinajstić information content (AvgIpc) is 2.97. The third kappa shape index (κ3) is 2.85. The highest BCUT2D eigenvalue weighted by Crippen LogP contribution is 2.69. The van der Waals surface area contributed by atoms with Gasteiger partial charge < -0.3 is 0 Å². The largest absolute Gasteiger partial charge is 0.0935 e. The van der Waals surface area contributed by atoms with Gasteiger partial charge in [0.1, 0.15) is 0 Å². The van der Waals surface area contributed by atoms with E-state index in [-0.39, 0.29) is 0 Å². The van der Waals surface area contributed by atoms with Crippen molar-refractivity contribution >= 4 is 17.6 Å². The van der Waals surface area contributed by atoms with Crippen LogP contribution >= 0.6 is 12.2 Å². The van der Waals surface area contributed by atoms with Gasteiger partial charge in [-0.3, -0.25) is 0 Å². The van der Waals surface area contributed by atoms with Crippen LogP contribution in [0.2, 0.25) is 0 Å². The first-order valence-electron chi connectivity index (χ1n) is 11.9. The molecular formula is C25H42S. The van der Waals surface area contributed by atoms with E-state index in [0.717, 1.165) is 47.8 Å². The summed E-state index contributed by atoms with van der Waals surface area (Å²) in [6.45, 7) is 10.6. The van der Waals surface area contributed by atoms with Crippen molar-refractivity contribution < 1.29 is 0 Å². The van der Waals surface area contributed by atoms with Gasteiger partial charge in [0.25, 0.3) is 0 Å². The second kappa shape index (κ2) is 7.16. The number of rotatable bonds is 4. The molecule has 0 bridgehead atoms. The molecule has 0 aromatic carbocycles. The molecular weight excluding hydrogens is 332 g/mol. The van der Waals surface area contributed by atoms with Gasteiger partial charge in [0, 0.05) is 0 Å². The van der Waals surface area contributed by atoms with Crippen LogP contribution < -0.4 is 0 Å². The van der Waals surface area contributed by atoms with Gasteiger partial charge in [-0.2, -0.15) is 0 Å². The second-order valence-electron chi connectivity index (χ2n) is 11.4. The van der Waals surface area contributed by atoms with Crippen molar-refractivity contribution in [2.24, 2.45) is 52.3 Å². The van der Waals surface area contributed by atoms with Gasteiger partial charge in [0.05, 0.1) is 0 Å². The van der Waals surface area contributed by atoms with Crippen LogP contribution in [-0.4, -0.2) is 5.37 Å². The van der Waals surface area contributed by atoms with E-state index in [1.807, 2.05) is 5.37 Å². The molecule has 0 heterocycles. The van der Waals surface area contributed by atoms with Gasteiger partial charge in [-0.1, -0.05) is 52.8 Å². The molecule has 26 heavy (non-hydrogen) atoms. The highest BCUT2D eigenvalue weighted by Gasteiger charge is 2.61. The summed E-state index contributed by atoms with van der Waals surface area (Å²) in [4.78, 5) is 0. The van der Waals surface area contributed by atoms with Crippen molar-refractivity contribution in [2.75, 3.05) is 0 Å². The number of hydrogen-bond donors (Lipinski definition) is 0. The standard InChI is InChI=1S/C25H42S/c1-17(8-7-15-26)20-10-11-21-23-18(2)16-19-9-5-6-13-24(19,3)22(23)12-14-25(20,21)4/h15,17-23H,5-14,16H2,1-4H3. The van der Waals surface area contributed by atoms with Gasteiger partial charge in [-0.25, -0.2) is 0 Å². The Morgan fingerprint density at radius 2 is 1.77 bits per heavy atom. The zero-order valence-corrected chi connectivity index (χ0v) is 18.6. The molecule has 4 fully saturated rings. The Kier molecular flexibility index (Phi) is 5.35. The SMILES string of the molecule is CC1CC2CCCCC2(C)C2CCC3(C)C(C(C)CCC=S)CCC3C12. The fourth-order valence-corrected chi connectivity index (χ4v) is 9.31. The average molecular weight is 375 g/mol. The minimum Gasteiger partial charge on any atom is -0.0935 e. The first kappa shape index (κ1) is 19.4. The maximum atomic E-state index is 5.12. The van der Waals surface area contributed by atoms with Gasteiger partial charge in [-0.15, -0.1) is 0 Å². The zero-order chi connectivity index (χ0) is 18.5. The van der Waals surface area contributed by atoms with Gasteiger partial charge in [-0.05, 0) is 115 Å². The molecule has 0 aromatic heterocycles. The lowest BCUT2D eigenvalue weighted by molar-refractivity contribution is -0.137. The fourth-order valence-electron chi connectivity index (χ4n) is 9.18. The summed E-state index contributed by atoms with van der Waals surface area (Å²) in [5, 5.41) is 1.97. The summed E-state index contributed by atoms with van der Waals surface area (Å²) < 4.78 is 0. The maximum absolute atomic E-state index is 5.12. The lowest BCUT2D eigenvalue weighted by Crippen LogP contribution is -2.55. The normalized spacial score (nSPS) is 51.8. The molecule has 4 aliphatic carbocycles. The van der Waals surface area contributed by atoms with Crippen molar-refractivity contribution in [2.45, 2.75) is 98.3 Å². The second-order valence-corrected chi connectivity index (χ2v) is 11.7. The first-order chi connectivity index (χ1) is 12.4. The van der Waals surface area contributed by atoms with Crippen molar-refractivity contribution in [1.29, 1.82) is 0 Å². The summed E-state index contributed by atoms with van der Waals surface area (Å²) in [5.74, 6) is 6.88. The van der Waals surface area contributed by atoms with Crippen molar-refractivity contribution in [3.8, 4) is 0 Å². The molecule has 0 nitrogen and oxygen atoms in total. The van der Waals surface area contributed by atoms with E-state index in [1.165, 1.54) is 64.2 Å². The molecule has 0 N–H and O–H groups in total. The molecule has 9 unspecified atom stereocenters. The summed E-state index contributed by atoms with van der Waals surface area (Å²) >= 11 is 5.12. The van der Waals surface area contributed by atoms with Crippen molar-refractivity contribution in [3.63, 3.8) is 0 Å². The van der Waals surface area contributed by atoms with Crippen LogP contribution in [0.4, 0.5) is 0 Å². The van der Waals surface area contributed by atoms with Crippen LogP contribution in [0, 0.1) is 52.3 Å². The van der Waals surface area contributed by atoms with E-state index in [9.17, 15) is 0 Å². The fraction of sp³-hybridized carbons (Fsp3) is 0.960. The van der Waals surface area contributed by atoms with E-state index in [4.69, 9.17) is 12.2 Å². The topological polar surface area (TPSA) is 0 Å². The summed E-state index contributed by atoms with van der Waals surface area (Å²) in [5.41, 5.74) is 1.30. The minimum absolute atomic E-state index is 0.619. The third-order valence-corrected chi connectivity index (χ3v) is 10.7. The van der Waals surface area contributed by atoms with E-state index in [2.05, 4.69) is 27.7 Å². The Hall–Kier alpha value is 0.0900.